The van der Waals surface area contributed by atoms with E-state index in [4.69, 9.17) is 4.74 Å². The summed E-state index contributed by atoms with van der Waals surface area (Å²) in [7, 11) is 0. The Morgan fingerprint density at radius 1 is 1.20 bits per heavy atom. The lowest BCUT2D eigenvalue weighted by Crippen LogP contribution is -2.06. The Bertz CT molecular complexity index is 188. The monoisotopic (exact) mass is 212 g/mol. The van der Waals surface area contributed by atoms with E-state index in [1.165, 1.54) is 0 Å². The summed E-state index contributed by atoms with van der Waals surface area (Å²) in [5.41, 5.74) is 0.745. The molecule has 3 heteroatoms. The minimum Gasteiger partial charge on any atom is -0.462 e. The summed E-state index contributed by atoms with van der Waals surface area (Å²) in [6.07, 6.45) is 7.26. The minimum absolute atomic E-state index is 0. The number of carbonyl (C=O) groups is 1. The van der Waals surface area contributed by atoms with Gasteiger partial charge < -0.3 is 4.74 Å². The molecule has 0 aliphatic heterocycles. The average Bonchev–Trinajstić information content (AvgIpc) is 2.18. The molecule has 0 saturated carbocycles. The number of hydrogen-bond donors (Lipinski definition) is 0. The van der Waals surface area contributed by atoms with Gasteiger partial charge in [0.25, 0.3) is 0 Å². The maximum atomic E-state index is 11.3. The van der Waals surface area contributed by atoms with Crippen LogP contribution >= 0.6 is 0 Å². The molecule has 0 aromatic carbocycles. The van der Waals surface area contributed by atoms with Crippen LogP contribution in [0.5, 0.6) is 0 Å². The van der Waals surface area contributed by atoms with Crippen LogP contribution in [0.15, 0.2) is 11.6 Å². The zero-order chi connectivity index (χ0) is 10.8. The van der Waals surface area contributed by atoms with E-state index in [-0.39, 0.29) is 12.1 Å². The smallest absolute Gasteiger partial charge is 0.333 e. The van der Waals surface area contributed by atoms with Crippen molar-refractivity contribution in [1.82, 2.24) is 6.15 Å². The van der Waals surface area contributed by atoms with E-state index >= 15 is 0 Å². The molecule has 0 bridgehead atoms. The zero-order valence-electron chi connectivity index (χ0n) is 10.1. The molecule has 0 spiro atoms. The third-order valence-corrected chi connectivity index (χ3v) is 2.06. The van der Waals surface area contributed by atoms with E-state index in [0.717, 1.165) is 37.7 Å². The number of unbranched alkanes of at least 4 members (excludes halogenated alkanes) is 3. The molecule has 3 radical (unpaired) electrons. The van der Waals surface area contributed by atoms with Crippen molar-refractivity contribution < 1.29 is 9.53 Å². The minimum atomic E-state index is -0.158. The number of carbonyl (C=O) groups excluding carboxylic acids is 1. The number of nitrogens with zero attached hydrogens (tertiary/aromatic N) is 1. The fourth-order valence-corrected chi connectivity index (χ4v) is 1.03. The van der Waals surface area contributed by atoms with Gasteiger partial charge in [0.1, 0.15) is 0 Å². The van der Waals surface area contributed by atoms with Crippen LogP contribution in [0.25, 0.3) is 0 Å². The van der Waals surface area contributed by atoms with Crippen LogP contribution in [0.2, 0.25) is 0 Å². The summed E-state index contributed by atoms with van der Waals surface area (Å²) in [5.74, 6) is -0.158. The second-order valence-corrected chi connectivity index (χ2v) is 3.52. The Labute approximate surface area is 93.5 Å². The van der Waals surface area contributed by atoms with Crippen molar-refractivity contribution in [3.05, 3.63) is 11.6 Å². The molecular formula is C12H22NO2. The standard InChI is InChI=1S/C12H22O2.N/c1-4-6-8-9-11(3)12(13)14-10-7-5-2;/h9H,4-8,10H2,1-3H3;. The largest absolute Gasteiger partial charge is 0.462 e. The lowest BCUT2D eigenvalue weighted by Gasteiger charge is -2.03. The molecule has 0 aliphatic carbocycles. The molecular weight excluding hydrogens is 190 g/mol. The first kappa shape index (κ1) is 16.6. The van der Waals surface area contributed by atoms with Crippen LogP contribution in [0.3, 0.4) is 0 Å². The molecule has 0 amide bonds. The van der Waals surface area contributed by atoms with Crippen molar-refractivity contribution in [2.45, 2.75) is 52.9 Å². The highest BCUT2D eigenvalue weighted by Gasteiger charge is 2.03. The molecule has 0 aliphatic rings. The van der Waals surface area contributed by atoms with Crippen molar-refractivity contribution in [3.8, 4) is 0 Å². The van der Waals surface area contributed by atoms with E-state index in [9.17, 15) is 4.79 Å². The van der Waals surface area contributed by atoms with Crippen LogP contribution in [-0.4, -0.2) is 12.6 Å². The molecule has 0 aromatic rings. The molecule has 0 heterocycles. The number of hydrogen-bond acceptors (Lipinski definition) is 2. The molecule has 15 heavy (non-hydrogen) atoms. The fraction of sp³-hybridized carbons (Fsp3) is 0.750. The highest BCUT2D eigenvalue weighted by molar-refractivity contribution is 5.87. The number of ether oxygens (including phenoxy) is 1. The van der Waals surface area contributed by atoms with Crippen LogP contribution in [0.4, 0.5) is 0 Å². The summed E-state index contributed by atoms with van der Waals surface area (Å²) in [6.45, 7) is 6.60. The van der Waals surface area contributed by atoms with Gasteiger partial charge in [-0.25, -0.2) is 4.79 Å². The van der Waals surface area contributed by atoms with Gasteiger partial charge in [0, 0.05) is 11.7 Å². The van der Waals surface area contributed by atoms with Crippen molar-refractivity contribution in [2.24, 2.45) is 0 Å². The Morgan fingerprint density at radius 3 is 2.33 bits per heavy atom. The van der Waals surface area contributed by atoms with E-state index in [2.05, 4.69) is 13.8 Å². The van der Waals surface area contributed by atoms with Crippen LogP contribution in [-0.2, 0) is 9.53 Å². The molecule has 0 rings (SSSR count). The van der Waals surface area contributed by atoms with E-state index in [1.807, 2.05) is 13.0 Å². The molecule has 0 N–H and O–H groups in total. The molecule has 87 valence electrons. The first-order chi connectivity index (χ1) is 6.72. The Kier molecular flexibility index (Phi) is 12.4. The zero-order valence-corrected chi connectivity index (χ0v) is 10.1. The molecule has 0 fully saturated rings. The lowest BCUT2D eigenvalue weighted by atomic mass is 10.2. The maximum absolute atomic E-state index is 11.3. The van der Waals surface area contributed by atoms with Gasteiger partial charge in [0.2, 0.25) is 0 Å². The molecule has 0 saturated heterocycles. The van der Waals surface area contributed by atoms with Gasteiger partial charge in [0.15, 0.2) is 0 Å². The quantitative estimate of drug-likeness (QED) is 0.370. The molecule has 0 aromatic heterocycles. The molecule has 0 unspecified atom stereocenters. The Balaban J connectivity index is 0. The van der Waals surface area contributed by atoms with Gasteiger partial charge in [-0.3, -0.25) is 0 Å². The van der Waals surface area contributed by atoms with Crippen LogP contribution in [0, 0.1) is 0 Å². The van der Waals surface area contributed by atoms with Gasteiger partial charge in [-0.05, 0) is 19.8 Å². The van der Waals surface area contributed by atoms with Gasteiger partial charge in [-0.15, -0.1) is 0 Å². The Hall–Kier alpha value is -0.830. The fourth-order valence-electron chi connectivity index (χ4n) is 1.03. The summed E-state index contributed by atoms with van der Waals surface area (Å²) in [6, 6.07) is 0. The van der Waals surface area contributed by atoms with Gasteiger partial charge in [-0.1, -0.05) is 39.2 Å². The van der Waals surface area contributed by atoms with Crippen molar-refractivity contribution in [2.75, 3.05) is 6.61 Å². The lowest BCUT2D eigenvalue weighted by molar-refractivity contribution is -0.139. The normalized spacial score (nSPS) is 10.7. The predicted octanol–water partition coefficient (Wildman–Crippen LogP) is 2.99. The maximum Gasteiger partial charge on any atom is 0.333 e. The van der Waals surface area contributed by atoms with Crippen LogP contribution < -0.4 is 6.15 Å². The SMILES string of the molecule is CCCCC=C(C)C(=O)OCCCC.[N]. The van der Waals surface area contributed by atoms with E-state index in [1.54, 1.807) is 0 Å². The van der Waals surface area contributed by atoms with E-state index in [0.29, 0.717) is 6.61 Å². The van der Waals surface area contributed by atoms with Gasteiger partial charge in [-0.2, -0.15) is 0 Å². The summed E-state index contributed by atoms with van der Waals surface area (Å²) >= 11 is 0. The first-order valence-corrected chi connectivity index (χ1v) is 5.56. The average molecular weight is 212 g/mol. The highest BCUT2D eigenvalue weighted by Crippen LogP contribution is 2.03. The van der Waals surface area contributed by atoms with Crippen molar-refractivity contribution in [3.63, 3.8) is 0 Å². The first-order valence-electron chi connectivity index (χ1n) is 5.56. The van der Waals surface area contributed by atoms with Crippen LogP contribution in [0.1, 0.15) is 52.9 Å². The second-order valence-electron chi connectivity index (χ2n) is 3.52. The number of esters is 1. The topological polar surface area (TPSA) is 56.8 Å². The molecule has 3 nitrogen and oxygen atoms in total. The summed E-state index contributed by atoms with van der Waals surface area (Å²) in [5, 5.41) is 0. The van der Waals surface area contributed by atoms with Crippen molar-refractivity contribution in [1.29, 1.82) is 0 Å². The highest BCUT2D eigenvalue weighted by atomic mass is 16.5. The summed E-state index contributed by atoms with van der Waals surface area (Å²) < 4.78 is 5.07. The van der Waals surface area contributed by atoms with Gasteiger partial charge >= 0.3 is 5.97 Å². The van der Waals surface area contributed by atoms with Crippen molar-refractivity contribution >= 4 is 5.97 Å². The van der Waals surface area contributed by atoms with Gasteiger partial charge in [0.05, 0.1) is 6.61 Å². The third-order valence-electron chi connectivity index (χ3n) is 2.06. The molecule has 0 atom stereocenters. The Morgan fingerprint density at radius 2 is 1.80 bits per heavy atom. The van der Waals surface area contributed by atoms with E-state index < -0.39 is 0 Å². The second kappa shape index (κ2) is 11.2. The predicted molar refractivity (Wildman–Crippen MR) is 61.3 cm³/mol. The number of rotatable bonds is 7. The number of allylic oxidation sites excluding steroid dienone is 1. The third kappa shape index (κ3) is 9.47. The summed E-state index contributed by atoms with van der Waals surface area (Å²) in [4.78, 5) is 11.3.